The second kappa shape index (κ2) is 8.11. The van der Waals surface area contributed by atoms with Gasteiger partial charge in [-0.25, -0.2) is 4.98 Å². The summed E-state index contributed by atoms with van der Waals surface area (Å²) >= 11 is 1.33. The van der Waals surface area contributed by atoms with E-state index in [0.29, 0.717) is 16.5 Å². The standard InChI is InChI=1S/C21H21N5O3S/c1-12-6-5-7-13(2)19(12)28-10-15-14(3)29-25-18(15)20(27)24-21-23-16(11-30-21)17-8-9-22-26(17)4/h5-9,11H,10H2,1-4H3,(H,23,24,27). The molecular formula is C21H21N5O3S. The van der Waals surface area contributed by atoms with Gasteiger partial charge in [0.1, 0.15) is 23.8 Å². The number of para-hydroxylation sites is 1. The first-order valence-corrected chi connectivity index (χ1v) is 10.2. The lowest BCUT2D eigenvalue weighted by Gasteiger charge is -2.11. The van der Waals surface area contributed by atoms with Crippen LogP contribution in [0.4, 0.5) is 5.13 Å². The van der Waals surface area contributed by atoms with Crippen LogP contribution < -0.4 is 10.1 Å². The first-order chi connectivity index (χ1) is 14.4. The Morgan fingerprint density at radius 3 is 2.70 bits per heavy atom. The van der Waals surface area contributed by atoms with Crippen LogP contribution in [0.2, 0.25) is 0 Å². The lowest BCUT2D eigenvalue weighted by Crippen LogP contribution is -2.15. The Bertz CT molecular complexity index is 1190. The van der Waals surface area contributed by atoms with Gasteiger partial charge in [0.25, 0.3) is 5.91 Å². The molecule has 0 saturated carbocycles. The number of carbonyl (C=O) groups is 1. The van der Waals surface area contributed by atoms with E-state index in [0.717, 1.165) is 28.3 Å². The van der Waals surface area contributed by atoms with Crippen molar-refractivity contribution in [2.24, 2.45) is 7.05 Å². The number of hydrogen-bond acceptors (Lipinski definition) is 7. The second-order valence-corrected chi connectivity index (χ2v) is 7.77. The number of carbonyl (C=O) groups excluding carboxylic acids is 1. The number of thiazole rings is 1. The summed E-state index contributed by atoms with van der Waals surface area (Å²) < 4.78 is 13.0. The minimum Gasteiger partial charge on any atom is -0.488 e. The van der Waals surface area contributed by atoms with Gasteiger partial charge in [0.15, 0.2) is 10.8 Å². The summed E-state index contributed by atoms with van der Waals surface area (Å²) in [6, 6.07) is 7.82. The van der Waals surface area contributed by atoms with Crippen LogP contribution in [0.15, 0.2) is 40.4 Å². The average molecular weight is 423 g/mol. The normalized spacial score (nSPS) is 10.9. The molecule has 0 bridgehead atoms. The zero-order chi connectivity index (χ0) is 21.3. The molecule has 0 aliphatic carbocycles. The summed E-state index contributed by atoms with van der Waals surface area (Å²) in [5.41, 5.74) is 4.47. The van der Waals surface area contributed by atoms with Gasteiger partial charge in [-0.1, -0.05) is 23.4 Å². The largest absolute Gasteiger partial charge is 0.488 e. The summed E-state index contributed by atoms with van der Waals surface area (Å²) in [7, 11) is 1.84. The smallest absolute Gasteiger partial charge is 0.280 e. The Labute approximate surface area is 177 Å². The lowest BCUT2D eigenvalue weighted by molar-refractivity contribution is 0.101. The minimum absolute atomic E-state index is 0.182. The molecular weight excluding hydrogens is 402 g/mol. The molecule has 154 valence electrons. The molecule has 0 unspecified atom stereocenters. The van der Waals surface area contributed by atoms with Crippen LogP contribution >= 0.6 is 11.3 Å². The van der Waals surface area contributed by atoms with Crippen LogP contribution in [0.25, 0.3) is 11.4 Å². The molecule has 0 spiro atoms. The van der Waals surface area contributed by atoms with Crippen molar-refractivity contribution in [2.45, 2.75) is 27.4 Å². The monoisotopic (exact) mass is 423 g/mol. The zero-order valence-electron chi connectivity index (χ0n) is 17.1. The molecule has 0 fully saturated rings. The molecule has 0 saturated heterocycles. The number of aryl methyl sites for hydroxylation is 4. The fraction of sp³-hybridized carbons (Fsp3) is 0.238. The number of amides is 1. The predicted molar refractivity (Wildman–Crippen MR) is 114 cm³/mol. The molecule has 9 heteroatoms. The fourth-order valence-corrected chi connectivity index (χ4v) is 3.84. The molecule has 0 atom stereocenters. The Kier molecular flexibility index (Phi) is 5.37. The molecule has 1 amide bonds. The van der Waals surface area contributed by atoms with Gasteiger partial charge in [0.05, 0.1) is 11.3 Å². The topological polar surface area (TPSA) is 95.1 Å². The van der Waals surface area contributed by atoms with Crippen molar-refractivity contribution in [1.29, 1.82) is 0 Å². The van der Waals surface area contributed by atoms with Crippen LogP contribution in [0.5, 0.6) is 5.75 Å². The van der Waals surface area contributed by atoms with Gasteiger partial charge in [-0.05, 0) is 38.0 Å². The Morgan fingerprint density at radius 1 is 1.23 bits per heavy atom. The van der Waals surface area contributed by atoms with E-state index in [2.05, 4.69) is 20.6 Å². The summed E-state index contributed by atoms with van der Waals surface area (Å²) in [5, 5.41) is 13.2. The van der Waals surface area contributed by atoms with E-state index >= 15 is 0 Å². The third-order valence-corrected chi connectivity index (χ3v) is 5.54. The van der Waals surface area contributed by atoms with Crippen molar-refractivity contribution in [3.63, 3.8) is 0 Å². The molecule has 0 aliphatic heterocycles. The molecule has 4 aromatic rings. The van der Waals surface area contributed by atoms with Crippen molar-refractivity contribution in [2.75, 3.05) is 5.32 Å². The van der Waals surface area contributed by atoms with Crippen molar-refractivity contribution in [3.8, 4) is 17.1 Å². The van der Waals surface area contributed by atoms with Gasteiger partial charge in [0.2, 0.25) is 0 Å². The number of nitrogens with one attached hydrogen (secondary N) is 1. The summed E-state index contributed by atoms with van der Waals surface area (Å²) in [6.45, 7) is 5.91. The van der Waals surface area contributed by atoms with Crippen molar-refractivity contribution in [3.05, 3.63) is 64.0 Å². The molecule has 30 heavy (non-hydrogen) atoms. The average Bonchev–Trinajstić information content (AvgIpc) is 3.42. The first-order valence-electron chi connectivity index (χ1n) is 9.33. The van der Waals surface area contributed by atoms with Gasteiger partial charge in [-0.2, -0.15) is 5.10 Å². The number of benzene rings is 1. The van der Waals surface area contributed by atoms with Crippen LogP contribution in [-0.4, -0.2) is 25.8 Å². The summed E-state index contributed by atoms with van der Waals surface area (Å²) in [4.78, 5) is 17.3. The van der Waals surface area contributed by atoms with E-state index in [-0.39, 0.29) is 12.3 Å². The number of ether oxygens (including phenoxy) is 1. The van der Waals surface area contributed by atoms with E-state index in [1.54, 1.807) is 17.8 Å². The Morgan fingerprint density at radius 2 is 2.00 bits per heavy atom. The maximum atomic E-state index is 12.8. The van der Waals surface area contributed by atoms with Crippen LogP contribution in [-0.2, 0) is 13.7 Å². The highest BCUT2D eigenvalue weighted by Crippen LogP contribution is 2.27. The van der Waals surface area contributed by atoms with Gasteiger partial charge < -0.3 is 9.26 Å². The number of aromatic nitrogens is 4. The van der Waals surface area contributed by atoms with Gasteiger partial charge in [0, 0.05) is 18.6 Å². The minimum atomic E-state index is -0.391. The predicted octanol–water partition coefficient (Wildman–Crippen LogP) is 4.29. The maximum Gasteiger partial charge on any atom is 0.280 e. The molecule has 0 aliphatic rings. The maximum absolute atomic E-state index is 12.8. The highest BCUT2D eigenvalue weighted by atomic mass is 32.1. The van der Waals surface area contributed by atoms with Crippen molar-refractivity contribution >= 4 is 22.4 Å². The first kappa shape index (κ1) is 19.8. The molecule has 1 N–H and O–H groups in total. The summed E-state index contributed by atoms with van der Waals surface area (Å²) in [6.07, 6.45) is 1.70. The number of rotatable bonds is 6. The number of anilines is 1. The molecule has 8 nitrogen and oxygen atoms in total. The molecule has 0 radical (unpaired) electrons. The quantitative estimate of drug-likeness (QED) is 0.497. The highest BCUT2D eigenvalue weighted by molar-refractivity contribution is 7.14. The fourth-order valence-electron chi connectivity index (χ4n) is 3.14. The van der Waals surface area contributed by atoms with E-state index in [9.17, 15) is 4.79 Å². The van der Waals surface area contributed by atoms with E-state index in [4.69, 9.17) is 9.26 Å². The Hall–Kier alpha value is -3.46. The van der Waals surface area contributed by atoms with E-state index in [1.807, 2.05) is 50.5 Å². The van der Waals surface area contributed by atoms with Crippen LogP contribution in [0, 0.1) is 20.8 Å². The molecule has 4 rings (SSSR count). The van der Waals surface area contributed by atoms with Crippen molar-refractivity contribution in [1.82, 2.24) is 19.9 Å². The summed E-state index contributed by atoms with van der Waals surface area (Å²) in [5.74, 6) is 0.948. The van der Waals surface area contributed by atoms with Crippen LogP contribution in [0.1, 0.15) is 32.9 Å². The third kappa shape index (κ3) is 3.84. The van der Waals surface area contributed by atoms with Crippen LogP contribution in [0.3, 0.4) is 0 Å². The van der Waals surface area contributed by atoms with Gasteiger partial charge >= 0.3 is 0 Å². The van der Waals surface area contributed by atoms with Gasteiger partial charge in [-0.3, -0.25) is 14.8 Å². The zero-order valence-corrected chi connectivity index (χ0v) is 17.9. The highest BCUT2D eigenvalue weighted by Gasteiger charge is 2.22. The molecule has 1 aromatic carbocycles. The lowest BCUT2D eigenvalue weighted by atomic mass is 10.1. The van der Waals surface area contributed by atoms with Gasteiger partial charge in [-0.15, -0.1) is 11.3 Å². The van der Waals surface area contributed by atoms with E-state index in [1.165, 1.54) is 11.3 Å². The van der Waals surface area contributed by atoms with E-state index < -0.39 is 5.91 Å². The second-order valence-electron chi connectivity index (χ2n) is 6.91. The number of nitrogens with zero attached hydrogens (tertiary/aromatic N) is 4. The SMILES string of the molecule is Cc1cccc(C)c1OCc1c(C(=O)Nc2nc(-c3ccnn3C)cs2)noc1C. The van der Waals surface area contributed by atoms with Crippen molar-refractivity contribution < 1.29 is 14.1 Å². The molecule has 3 aromatic heterocycles. The third-order valence-electron chi connectivity index (χ3n) is 4.78. The molecule has 3 heterocycles. The number of hydrogen-bond donors (Lipinski definition) is 1. The Balaban J connectivity index is 1.50.